The van der Waals surface area contributed by atoms with Gasteiger partial charge in [0.2, 0.25) is 0 Å². The molecule has 0 aliphatic carbocycles. The van der Waals surface area contributed by atoms with E-state index < -0.39 is 5.97 Å². The number of pyridine rings is 1. The van der Waals surface area contributed by atoms with Gasteiger partial charge in [-0.05, 0) is 36.3 Å². The van der Waals surface area contributed by atoms with Crippen molar-refractivity contribution in [2.45, 2.75) is 6.92 Å². The first-order chi connectivity index (χ1) is 11.1. The number of esters is 1. The summed E-state index contributed by atoms with van der Waals surface area (Å²) in [6, 6.07) is 7.55. The number of carbonyl (C=O) groups excluding carboxylic acids is 1. The molecule has 0 unspecified atom stereocenters. The molecule has 0 N–H and O–H groups in total. The molecule has 1 aromatic heterocycles. The molecule has 0 bridgehead atoms. The van der Waals surface area contributed by atoms with Gasteiger partial charge in [-0.15, -0.1) is 0 Å². The molecule has 0 atom stereocenters. The first kappa shape index (κ1) is 16.5. The number of hydrogen-bond acceptors (Lipinski definition) is 5. The lowest BCUT2D eigenvalue weighted by molar-refractivity contribution is -0.134. The second-order valence-electron chi connectivity index (χ2n) is 4.85. The van der Waals surface area contributed by atoms with Gasteiger partial charge in [0.15, 0.2) is 11.5 Å². The number of nitrogens with zero attached hydrogens (tertiary/aromatic N) is 1. The first-order valence-corrected chi connectivity index (χ1v) is 7.03. The monoisotopic (exact) mass is 313 g/mol. The number of benzene rings is 1. The SMILES string of the molecule is COC(=O)/C=C(\C)c1cc(OC)c(OC)c(-c2cccnc2)c1. The average molecular weight is 313 g/mol. The topological polar surface area (TPSA) is 57.7 Å². The molecule has 23 heavy (non-hydrogen) atoms. The third kappa shape index (κ3) is 3.69. The largest absolute Gasteiger partial charge is 0.493 e. The highest BCUT2D eigenvalue weighted by molar-refractivity contribution is 5.92. The fraction of sp³-hybridized carbons (Fsp3) is 0.222. The quantitative estimate of drug-likeness (QED) is 0.626. The van der Waals surface area contributed by atoms with Crippen molar-refractivity contribution in [1.29, 1.82) is 0 Å². The van der Waals surface area contributed by atoms with Crippen molar-refractivity contribution < 1.29 is 19.0 Å². The van der Waals surface area contributed by atoms with Crippen LogP contribution < -0.4 is 9.47 Å². The van der Waals surface area contributed by atoms with Crippen molar-refractivity contribution in [3.8, 4) is 22.6 Å². The molecule has 2 aromatic rings. The minimum atomic E-state index is -0.403. The van der Waals surface area contributed by atoms with Crippen LogP contribution >= 0.6 is 0 Å². The summed E-state index contributed by atoms with van der Waals surface area (Å²) in [5, 5.41) is 0. The van der Waals surface area contributed by atoms with Gasteiger partial charge in [-0.1, -0.05) is 6.07 Å². The van der Waals surface area contributed by atoms with E-state index in [1.165, 1.54) is 13.2 Å². The summed E-state index contributed by atoms with van der Waals surface area (Å²) in [5.74, 6) is 0.803. The van der Waals surface area contributed by atoms with E-state index >= 15 is 0 Å². The molecule has 0 fully saturated rings. The van der Waals surface area contributed by atoms with E-state index in [1.54, 1.807) is 26.6 Å². The molecule has 0 aliphatic rings. The molecule has 1 aromatic carbocycles. The molecule has 2 rings (SSSR count). The second kappa shape index (κ2) is 7.45. The Hall–Kier alpha value is -2.82. The maximum Gasteiger partial charge on any atom is 0.330 e. The molecule has 0 saturated carbocycles. The Morgan fingerprint density at radius 3 is 2.52 bits per heavy atom. The van der Waals surface area contributed by atoms with Gasteiger partial charge in [-0.3, -0.25) is 4.98 Å². The summed E-state index contributed by atoms with van der Waals surface area (Å²) in [7, 11) is 4.52. The van der Waals surface area contributed by atoms with Crippen molar-refractivity contribution in [3.05, 3.63) is 48.3 Å². The number of rotatable bonds is 5. The maximum absolute atomic E-state index is 11.5. The Morgan fingerprint density at radius 2 is 1.96 bits per heavy atom. The summed E-state index contributed by atoms with van der Waals surface area (Å²) < 4.78 is 15.6. The van der Waals surface area contributed by atoms with E-state index in [0.29, 0.717) is 11.5 Å². The highest BCUT2D eigenvalue weighted by Crippen LogP contribution is 2.40. The van der Waals surface area contributed by atoms with Gasteiger partial charge in [-0.2, -0.15) is 0 Å². The van der Waals surface area contributed by atoms with Gasteiger partial charge in [-0.25, -0.2) is 4.79 Å². The van der Waals surface area contributed by atoms with Crippen molar-refractivity contribution in [3.63, 3.8) is 0 Å². The lowest BCUT2D eigenvalue weighted by Gasteiger charge is -2.15. The summed E-state index contributed by atoms with van der Waals surface area (Å²) in [6.45, 7) is 1.84. The Morgan fingerprint density at radius 1 is 1.17 bits per heavy atom. The Bertz CT molecular complexity index is 723. The molecular formula is C18H19NO4. The lowest BCUT2D eigenvalue weighted by Crippen LogP contribution is -1.98. The molecule has 0 aliphatic heterocycles. The number of ether oxygens (including phenoxy) is 3. The fourth-order valence-electron chi connectivity index (χ4n) is 2.25. The highest BCUT2D eigenvalue weighted by Gasteiger charge is 2.15. The summed E-state index contributed by atoms with van der Waals surface area (Å²) in [4.78, 5) is 15.6. The van der Waals surface area contributed by atoms with Gasteiger partial charge < -0.3 is 14.2 Å². The number of carbonyl (C=O) groups is 1. The average Bonchev–Trinajstić information content (AvgIpc) is 2.60. The van der Waals surface area contributed by atoms with Gasteiger partial charge in [0.25, 0.3) is 0 Å². The number of hydrogen-bond donors (Lipinski definition) is 0. The van der Waals surface area contributed by atoms with Crippen molar-refractivity contribution in [1.82, 2.24) is 4.98 Å². The zero-order valence-corrected chi connectivity index (χ0v) is 13.6. The van der Waals surface area contributed by atoms with Crippen LogP contribution in [0.5, 0.6) is 11.5 Å². The molecule has 0 saturated heterocycles. The molecule has 0 amide bonds. The fourth-order valence-corrected chi connectivity index (χ4v) is 2.25. The minimum absolute atomic E-state index is 0.403. The van der Waals surface area contributed by atoms with E-state index in [-0.39, 0.29) is 0 Å². The molecule has 1 heterocycles. The predicted octanol–water partition coefficient (Wildman–Crippen LogP) is 3.34. The van der Waals surface area contributed by atoms with Crippen molar-refractivity contribution in [2.24, 2.45) is 0 Å². The van der Waals surface area contributed by atoms with Crippen LogP contribution in [-0.4, -0.2) is 32.3 Å². The van der Waals surface area contributed by atoms with Crippen LogP contribution in [-0.2, 0) is 9.53 Å². The van der Waals surface area contributed by atoms with Gasteiger partial charge in [0, 0.05) is 29.6 Å². The smallest absolute Gasteiger partial charge is 0.330 e. The van der Waals surface area contributed by atoms with Gasteiger partial charge in [0.1, 0.15) is 0 Å². The zero-order valence-electron chi connectivity index (χ0n) is 13.6. The Balaban J connectivity index is 2.63. The van der Waals surface area contributed by atoms with Crippen LogP contribution in [0.25, 0.3) is 16.7 Å². The van der Waals surface area contributed by atoms with Crippen molar-refractivity contribution >= 4 is 11.5 Å². The van der Waals surface area contributed by atoms with Crippen LogP contribution in [0.15, 0.2) is 42.7 Å². The van der Waals surface area contributed by atoms with Gasteiger partial charge >= 0.3 is 5.97 Å². The Kier molecular flexibility index (Phi) is 5.36. The number of aromatic nitrogens is 1. The van der Waals surface area contributed by atoms with Crippen LogP contribution in [0.2, 0.25) is 0 Å². The zero-order chi connectivity index (χ0) is 16.8. The minimum Gasteiger partial charge on any atom is -0.493 e. The van der Waals surface area contributed by atoms with E-state index in [2.05, 4.69) is 9.72 Å². The molecule has 0 radical (unpaired) electrons. The molecule has 0 spiro atoms. The van der Waals surface area contributed by atoms with Crippen LogP contribution in [0.4, 0.5) is 0 Å². The predicted molar refractivity (Wildman–Crippen MR) is 88.4 cm³/mol. The van der Waals surface area contributed by atoms with E-state index in [4.69, 9.17) is 9.47 Å². The summed E-state index contributed by atoms with van der Waals surface area (Å²) >= 11 is 0. The summed E-state index contributed by atoms with van der Waals surface area (Å²) in [6.07, 6.45) is 4.90. The standard InChI is InChI=1S/C18H19NO4/c1-12(8-17(20)22-3)14-9-15(13-6-5-7-19-11-13)18(23-4)16(10-14)21-2/h5-11H,1-4H3/b12-8+. The Labute approximate surface area is 135 Å². The van der Waals surface area contributed by atoms with Crippen LogP contribution in [0.1, 0.15) is 12.5 Å². The first-order valence-electron chi connectivity index (χ1n) is 7.03. The lowest BCUT2D eigenvalue weighted by atomic mass is 9.98. The second-order valence-corrected chi connectivity index (χ2v) is 4.85. The van der Waals surface area contributed by atoms with Crippen LogP contribution in [0.3, 0.4) is 0 Å². The highest BCUT2D eigenvalue weighted by atomic mass is 16.5. The number of allylic oxidation sites excluding steroid dienone is 1. The third-order valence-electron chi connectivity index (χ3n) is 3.44. The van der Waals surface area contributed by atoms with E-state index in [9.17, 15) is 4.79 Å². The molecule has 120 valence electrons. The molecular weight excluding hydrogens is 294 g/mol. The van der Waals surface area contributed by atoms with Crippen LogP contribution in [0, 0.1) is 0 Å². The normalized spacial score (nSPS) is 11.0. The number of methoxy groups -OCH3 is 3. The summed E-state index contributed by atoms with van der Waals surface area (Å²) in [5.41, 5.74) is 3.35. The molecule has 5 nitrogen and oxygen atoms in total. The van der Waals surface area contributed by atoms with E-state index in [1.807, 2.05) is 31.2 Å². The van der Waals surface area contributed by atoms with Crippen molar-refractivity contribution in [2.75, 3.05) is 21.3 Å². The van der Waals surface area contributed by atoms with Gasteiger partial charge in [0.05, 0.1) is 21.3 Å². The van der Waals surface area contributed by atoms with E-state index in [0.717, 1.165) is 22.3 Å². The maximum atomic E-state index is 11.5. The molecule has 5 heteroatoms. The third-order valence-corrected chi connectivity index (χ3v) is 3.44.